The van der Waals surface area contributed by atoms with Gasteiger partial charge in [0.25, 0.3) is 0 Å². The molecule has 0 bridgehead atoms. The van der Waals surface area contributed by atoms with Crippen LogP contribution in [0.4, 0.5) is 0 Å². The van der Waals surface area contributed by atoms with Crippen molar-refractivity contribution in [1.29, 1.82) is 5.26 Å². The van der Waals surface area contributed by atoms with Gasteiger partial charge in [-0.3, -0.25) is 0 Å². The standard InChI is InChI=1S/C4H6N.2C4H9.Sb/c1-4(2)3-5;2*1-3-4-2;/h1-2H3;2*1,3-4H2,2H3;. The maximum absolute atomic E-state index is 9.16. The number of hydrogen-bond acceptors (Lipinski definition) is 1. The molecule has 0 heterocycles. The van der Waals surface area contributed by atoms with Crippen molar-refractivity contribution >= 4 is 20.2 Å². The molecule has 0 amide bonds. The predicted octanol–water partition coefficient (Wildman–Crippen LogP) is 4.39. The van der Waals surface area contributed by atoms with E-state index in [0.29, 0.717) is 0 Å². The van der Waals surface area contributed by atoms with E-state index in [0.717, 1.165) is 0 Å². The van der Waals surface area contributed by atoms with Crippen LogP contribution in [0.2, 0.25) is 12.1 Å². The van der Waals surface area contributed by atoms with Gasteiger partial charge in [-0.1, -0.05) is 0 Å². The number of hydrogen-bond donors (Lipinski definition) is 0. The number of unbranched alkanes of at least 4 members (excludes halogenated alkanes) is 2. The van der Waals surface area contributed by atoms with E-state index in [-0.39, 0.29) is 3.36 Å². The van der Waals surface area contributed by atoms with E-state index < -0.39 is 20.2 Å². The summed E-state index contributed by atoms with van der Waals surface area (Å²) in [7, 11) is 0. The van der Waals surface area contributed by atoms with E-state index in [1.54, 1.807) is 0 Å². The summed E-state index contributed by atoms with van der Waals surface area (Å²) in [6, 6.07) is 2.54. The molecule has 0 N–H and O–H groups in total. The minimum atomic E-state index is -1.30. The van der Waals surface area contributed by atoms with Gasteiger partial charge < -0.3 is 0 Å². The molecule has 0 aromatic carbocycles. The van der Waals surface area contributed by atoms with Gasteiger partial charge in [-0.15, -0.1) is 0 Å². The summed E-state index contributed by atoms with van der Waals surface area (Å²) in [6.07, 6.45) is 5.26. The molecule has 0 radical (unpaired) electrons. The van der Waals surface area contributed by atoms with Crippen molar-refractivity contribution in [2.24, 2.45) is 0 Å². The first-order chi connectivity index (χ1) is 6.58. The Balaban J connectivity index is 4.17. The Morgan fingerprint density at radius 1 is 1.07 bits per heavy atom. The summed E-state index contributed by atoms with van der Waals surface area (Å²) in [4.78, 5) is 0. The van der Waals surface area contributed by atoms with E-state index in [2.05, 4.69) is 33.8 Å². The fraction of sp³-hybridized carbons (Fsp3) is 0.917. The average molecular weight is 304 g/mol. The molecule has 0 rings (SSSR count). The van der Waals surface area contributed by atoms with Crippen LogP contribution < -0.4 is 0 Å². The summed E-state index contributed by atoms with van der Waals surface area (Å²) in [5, 5.41) is 9.16. The Labute approximate surface area is 96.8 Å². The molecular weight excluding hydrogens is 280 g/mol. The Morgan fingerprint density at radius 3 is 1.79 bits per heavy atom. The topological polar surface area (TPSA) is 23.8 Å². The van der Waals surface area contributed by atoms with Crippen molar-refractivity contribution in [3.05, 3.63) is 0 Å². The number of nitrogens with zero attached hydrogens (tertiary/aromatic N) is 1. The molecule has 2 heteroatoms. The molecule has 82 valence electrons. The summed E-state index contributed by atoms with van der Waals surface area (Å²) >= 11 is -1.30. The molecule has 0 saturated heterocycles. The van der Waals surface area contributed by atoms with Gasteiger partial charge in [0.05, 0.1) is 0 Å². The second-order valence-electron chi connectivity index (χ2n) is 4.36. The quantitative estimate of drug-likeness (QED) is 0.640. The van der Waals surface area contributed by atoms with Crippen LogP contribution >= 0.6 is 0 Å². The van der Waals surface area contributed by atoms with Crippen LogP contribution in [0.5, 0.6) is 0 Å². The fourth-order valence-corrected chi connectivity index (χ4v) is 9.66. The monoisotopic (exact) mass is 303 g/mol. The van der Waals surface area contributed by atoms with Crippen LogP contribution in [0.25, 0.3) is 0 Å². The molecule has 0 unspecified atom stereocenters. The first-order valence-corrected chi connectivity index (χ1v) is 10.6. The summed E-state index contributed by atoms with van der Waals surface area (Å²) in [5.74, 6) is 0. The van der Waals surface area contributed by atoms with Crippen LogP contribution in [-0.2, 0) is 0 Å². The van der Waals surface area contributed by atoms with E-state index in [1.165, 1.54) is 34.4 Å². The van der Waals surface area contributed by atoms with Crippen molar-refractivity contribution in [1.82, 2.24) is 0 Å². The van der Waals surface area contributed by atoms with Gasteiger partial charge in [0, 0.05) is 0 Å². The number of rotatable bonds is 7. The van der Waals surface area contributed by atoms with Gasteiger partial charge in [-0.05, 0) is 0 Å². The Bertz CT molecular complexity index is 173. The van der Waals surface area contributed by atoms with E-state index >= 15 is 0 Å². The van der Waals surface area contributed by atoms with Gasteiger partial charge in [-0.25, -0.2) is 0 Å². The van der Waals surface area contributed by atoms with Gasteiger partial charge >= 0.3 is 97.0 Å². The first-order valence-electron chi connectivity index (χ1n) is 5.74. The van der Waals surface area contributed by atoms with Crippen LogP contribution in [-0.4, -0.2) is 20.2 Å². The fourth-order valence-electron chi connectivity index (χ4n) is 1.44. The van der Waals surface area contributed by atoms with Crippen molar-refractivity contribution in [2.75, 3.05) is 0 Å². The molecular formula is C12H24NSb. The first kappa shape index (κ1) is 14.3. The van der Waals surface area contributed by atoms with E-state index in [4.69, 9.17) is 5.26 Å². The zero-order valence-corrected chi connectivity index (χ0v) is 12.7. The van der Waals surface area contributed by atoms with Gasteiger partial charge in [0.15, 0.2) is 0 Å². The molecule has 1 nitrogen and oxygen atoms in total. The zero-order chi connectivity index (χ0) is 11.0. The minimum absolute atomic E-state index is 0.0488. The van der Waals surface area contributed by atoms with E-state index in [1.807, 2.05) is 0 Å². The average Bonchev–Trinajstić information content (AvgIpc) is 2.17. The molecule has 0 aliphatic heterocycles. The molecule has 0 aliphatic rings. The SMILES string of the molecule is CCC[CH2][Sb]([CH2]CCC)[C](C)(C)C#N. The predicted molar refractivity (Wildman–Crippen MR) is 64.8 cm³/mol. The molecule has 0 saturated carbocycles. The van der Waals surface area contributed by atoms with Gasteiger partial charge in [0.2, 0.25) is 0 Å². The number of nitriles is 1. The Morgan fingerprint density at radius 2 is 1.50 bits per heavy atom. The van der Waals surface area contributed by atoms with Crippen molar-refractivity contribution in [3.63, 3.8) is 0 Å². The second kappa shape index (κ2) is 7.58. The van der Waals surface area contributed by atoms with Crippen LogP contribution in [0.3, 0.4) is 0 Å². The van der Waals surface area contributed by atoms with Crippen molar-refractivity contribution in [2.45, 2.75) is 65.5 Å². The van der Waals surface area contributed by atoms with Gasteiger partial charge in [0.1, 0.15) is 0 Å². The summed E-state index contributed by atoms with van der Waals surface area (Å²) in [5.41, 5.74) is 0. The molecule has 0 aromatic heterocycles. The molecule has 0 fully saturated rings. The second-order valence-corrected chi connectivity index (χ2v) is 13.2. The normalized spacial score (nSPS) is 11.7. The third-order valence-corrected chi connectivity index (χ3v) is 12.3. The Kier molecular flexibility index (Phi) is 7.75. The van der Waals surface area contributed by atoms with Crippen molar-refractivity contribution < 1.29 is 0 Å². The maximum atomic E-state index is 9.16. The van der Waals surface area contributed by atoms with Gasteiger partial charge in [-0.2, -0.15) is 0 Å². The molecule has 0 aliphatic carbocycles. The van der Waals surface area contributed by atoms with Crippen LogP contribution in [0.15, 0.2) is 0 Å². The van der Waals surface area contributed by atoms with E-state index in [9.17, 15) is 0 Å². The molecule has 0 atom stereocenters. The molecule has 0 aromatic rings. The van der Waals surface area contributed by atoms with Crippen LogP contribution in [0.1, 0.15) is 53.4 Å². The Hall–Kier alpha value is 0.308. The summed E-state index contributed by atoms with van der Waals surface area (Å²) < 4.78 is 2.85. The third-order valence-electron chi connectivity index (χ3n) is 2.63. The molecule has 14 heavy (non-hydrogen) atoms. The summed E-state index contributed by atoms with van der Waals surface area (Å²) in [6.45, 7) is 8.83. The third kappa shape index (κ3) is 5.25. The van der Waals surface area contributed by atoms with Crippen molar-refractivity contribution in [3.8, 4) is 6.07 Å². The zero-order valence-electron chi connectivity index (χ0n) is 10.1. The molecule has 0 spiro atoms. The van der Waals surface area contributed by atoms with Crippen LogP contribution in [0, 0.1) is 11.3 Å².